The van der Waals surface area contributed by atoms with Crippen LogP contribution < -0.4 is 14.8 Å². The van der Waals surface area contributed by atoms with Crippen LogP contribution >= 0.6 is 34.5 Å². The van der Waals surface area contributed by atoms with E-state index in [-0.39, 0.29) is 30.4 Å². The van der Waals surface area contributed by atoms with Crippen LogP contribution in [-0.2, 0) is 4.79 Å². The summed E-state index contributed by atoms with van der Waals surface area (Å²) in [7, 11) is 0. The van der Waals surface area contributed by atoms with Crippen molar-refractivity contribution in [2.45, 2.75) is 79.5 Å². The molecule has 0 aliphatic carbocycles. The van der Waals surface area contributed by atoms with E-state index in [1.807, 2.05) is 110 Å². The second-order valence-corrected chi connectivity index (χ2v) is 18.6. The number of nitrogens with zero attached hydrogens (tertiary/aromatic N) is 8. The fourth-order valence-corrected chi connectivity index (χ4v) is 9.65. The van der Waals surface area contributed by atoms with Crippen LogP contribution in [0.5, 0.6) is 11.5 Å². The summed E-state index contributed by atoms with van der Waals surface area (Å²) in [5, 5.41) is 23.3. The number of rotatable bonds is 12. The van der Waals surface area contributed by atoms with E-state index in [1.54, 1.807) is 11.3 Å². The number of thiophene rings is 1. The van der Waals surface area contributed by atoms with E-state index in [0.717, 1.165) is 73.2 Å². The summed E-state index contributed by atoms with van der Waals surface area (Å²) in [5.74, 6) is 4.35. The zero-order valence-corrected chi connectivity index (χ0v) is 38.9. The molecule has 7 aromatic rings. The van der Waals surface area contributed by atoms with Crippen molar-refractivity contribution in [3.63, 3.8) is 0 Å². The lowest BCUT2D eigenvalue weighted by molar-refractivity contribution is -0.116. The van der Waals surface area contributed by atoms with Crippen molar-refractivity contribution >= 4 is 57.6 Å². The number of fused-ring (bicyclic) bond motifs is 6. The molecule has 1 N–H and O–H groups in total. The van der Waals surface area contributed by atoms with Crippen molar-refractivity contribution in [1.29, 1.82) is 0 Å². The molecule has 0 saturated heterocycles. The summed E-state index contributed by atoms with van der Waals surface area (Å²) >= 11 is 14.2. The highest BCUT2D eigenvalue weighted by atomic mass is 35.5. The SMILES string of the molecule is Cc1sc2c(c1C)C(c1ccc(Cl)cc1)=N[C@@H](CC(=O)Nc1ccc(OC(C)CCOc3ccc4c(c3)C(c3ccc(Cl)cc3)=NC(C(C)C)c3nnc(C)n3-4)cc1)c1nnc(C)n1-2. The molecule has 9 rings (SSSR count). The molecule has 4 aromatic carbocycles. The van der Waals surface area contributed by atoms with Crippen LogP contribution in [0.25, 0.3) is 10.7 Å². The van der Waals surface area contributed by atoms with Crippen LogP contribution in [0.3, 0.4) is 0 Å². The van der Waals surface area contributed by atoms with Gasteiger partial charge in [-0.3, -0.25) is 23.9 Å². The Hall–Kier alpha value is -6.15. The number of aliphatic imine (C=N–C) groups is 2. The number of amides is 1. The van der Waals surface area contributed by atoms with Gasteiger partial charge in [0.25, 0.3) is 0 Å². The summed E-state index contributed by atoms with van der Waals surface area (Å²) in [5.41, 5.74) is 8.18. The van der Waals surface area contributed by atoms with Gasteiger partial charge in [0.05, 0.1) is 36.2 Å². The number of hydrogen-bond donors (Lipinski definition) is 1. The molecular weight excluding hydrogens is 866 g/mol. The predicted octanol–water partition coefficient (Wildman–Crippen LogP) is 11.2. The molecule has 0 radical (unpaired) electrons. The minimum atomic E-state index is -0.579. The van der Waals surface area contributed by atoms with Gasteiger partial charge in [0.2, 0.25) is 5.91 Å². The van der Waals surface area contributed by atoms with Crippen LogP contribution in [0.4, 0.5) is 5.69 Å². The second kappa shape index (κ2) is 17.8. The van der Waals surface area contributed by atoms with Gasteiger partial charge in [-0.25, -0.2) is 0 Å². The summed E-state index contributed by atoms with van der Waals surface area (Å²) in [6, 6.07) is 28.1. The van der Waals surface area contributed by atoms with Gasteiger partial charge in [-0.2, -0.15) is 0 Å². The van der Waals surface area contributed by atoms with Crippen LogP contribution in [0.15, 0.2) is 101 Å². The van der Waals surface area contributed by atoms with E-state index in [2.05, 4.69) is 64.0 Å². The number of nitrogens with one attached hydrogen (secondary N) is 1. The predicted molar refractivity (Wildman–Crippen MR) is 254 cm³/mol. The van der Waals surface area contributed by atoms with Gasteiger partial charge in [-0.05, 0) is 113 Å². The molecule has 326 valence electrons. The Morgan fingerprint density at radius 2 is 1.38 bits per heavy atom. The van der Waals surface area contributed by atoms with Crippen LogP contribution in [-0.4, -0.2) is 59.6 Å². The molecule has 12 nitrogen and oxygen atoms in total. The number of halogens is 2. The van der Waals surface area contributed by atoms with E-state index < -0.39 is 6.04 Å². The average molecular weight is 913 g/mol. The maximum absolute atomic E-state index is 13.7. The number of anilines is 1. The van der Waals surface area contributed by atoms with E-state index in [0.29, 0.717) is 40.3 Å². The van der Waals surface area contributed by atoms with Crippen molar-refractivity contribution in [1.82, 2.24) is 29.5 Å². The van der Waals surface area contributed by atoms with Crippen molar-refractivity contribution in [2.24, 2.45) is 15.9 Å². The molecule has 3 atom stereocenters. The third-order valence-corrected chi connectivity index (χ3v) is 13.3. The van der Waals surface area contributed by atoms with E-state index in [4.69, 9.17) is 42.7 Å². The van der Waals surface area contributed by atoms with Crippen LogP contribution in [0, 0.1) is 33.6 Å². The maximum atomic E-state index is 13.7. The van der Waals surface area contributed by atoms with Crippen molar-refractivity contribution < 1.29 is 14.3 Å². The number of hydrogen-bond acceptors (Lipinski definition) is 10. The minimum absolute atomic E-state index is 0.0663. The fourth-order valence-electron chi connectivity index (χ4n) is 8.18. The van der Waals surface area contributed by atoms with Gasteiger partial charge in [0.1, 0.15) is 40.2 Å². The lowest BCUT2D eigenvalue weighted by Gasteiger charge is -2.17. The molecule has 5 heterocycles. The molecule has 0 fully saturated rings. The average Bonchev–Trinajstić information content (AvgIpc) is 3.87. The molecule has 0 saturated carbocycles. The molecule has 0 spiro atoms. The van der Waals surface area contributed by atoms with Gasteiger partial charge in [0.15, 0.2) is 11.6 Å². The second-order valence-electron chi connectivity index (χ2n) is 16.5. The molecular formula is C49H47Cl2N9O3S. The molecule has 3 aromatic heterocycles. The van der Waals surface area contributed by atoms with Crippen LogP contribution in [0.2, 0.25) is 10.0 Å². The van der Waals surface area contributed by atoms with Gasteiger partial charge in [-0.15, -0.1) is 31.7 Å². The van der Waals surface area contributed by atoms with E-state index in [9.17, 15) is 4.79 Å². The summed E-state index contributed by atoms with van der Waals surface area (Å²) in [6.45, 7) is 14.8. The molecule has 0 bridgehead atoms. The standard InChI is InChI=1S/C49H47Cl2N9O3S/c1-26(2)44-48-58-55-30(6)59(48)41-21-20-38(24-39(41)45(54-44)32-8-12-34(50)13-9-32)62-23-22-27(3)63-37-18-16-36(17-19-37)52-42(61)25-40-47-57-56-31(7)60(47)49-43(28(4)29(5)64-49)46(53-40)33-10-14-35(51)15-11-33/h8-21,24,26-27,40,44H,22-23,25H2,1-7H3,(H,52,61)/t27?,40-,44?/m0/s1. The first-order chi connectivity index (χ1) is 30.8. The zero-order chi connectivity index (χ0) is 44.8. The summed E-state index contributed by atoms with van der Waals surface area (Å²) in [6.07, 6.45) is 0.547. The third kappa shape index (κ3) is 8.47. The topological polar surface area (TPSA) is 134 Å². The van der Waals surface area contributed by atoms with Gasteiger partial charge in [0, 0.05) is 49.3 Å². The molecule has 15 heteroatoms. The quantitative estimate of drug-likeness (QED) is 0.129. The normalized spacial score (nSPS) is 15.8. The smallest absolute Gasteiger partial charge is 0.227 e. The van der Waals surface area contributed by atoms with Crippen molar-refractivity contribution in [3.05, 3.63) is 157 Å². The molecule has 2 aliphatic heterocycles. The van der Waals surface area contributed by atoms with E-state index in [1.165, 1.54) is 4.88 Å². The Kier molecular flexibility index (Phi) is 12.0. The monoisotopic (exact) mass is 911 g/mol. The minimum Gasteiger partial charge on any atom is -0.493 e. The summed E-state index contributed by atoms with van der Waals surface area (Å²) < 4.78 is 16.8. The number of aromatic nitrogens is 6. The number of benzene rings is 4. The molecule has 1 amide bonds. The molecule has 64 heavy (non-hydrogen) atoms. The first-order valence-corrected chi connectivity index (χ1v) is 22.9. The Bertz CT molecular complexity index is 2930. The Labute approximate surface area is 386 Å². The Morgan fingerprint density at radius 1 is 0.750 bits per heavy atom. The Morgan fingerprint density at radius 3 is 2.05 bits per heavy atom. The largest absolute Gasteiger partial charge is 0.493 e. The van der Waals surface area contributed by atoms with Crippen molar-refractivity contribution in [3.8, 4) is 22.2 Å². The summed E-state index contributed by atoms with van der Waals surface area (Å²) in [4.78, 5) is 25.4. The van der Waals surface area contributed by atoms with Gasteiger partial charge < -0.3 is 14.8 Å². The van der Waals surface area contributed by atoms with Gasteiger partial charge in [-0.1, -0.05) is 61.3 Å². The molecule has 2 aliphatic rings. The maximum Gasteiger partial charge on any atom is 0.227 e. The lowest BCUT2D eigenvalue weighted by Crippen LogP contribution is -2.18. The number of carbonyl (C=O) groups is 1. The zero-order valence-electron chi connectivity index (χ0n) is 36.6. The first kappa shape index (κ1) is 43.1. The third-order valence-electron chi connectivity index (χ3n) is 11.6. The highest BCUT2D eigenvalue weighted by molar-refractivity contribution is 7.15. The highest BCUT2D eigenvalue weighted by Crippen LogP contribution is 2.40. The number of carbonyl (C=O) groups excluding carboxylic acids is 1. The van der Waals surface area contributed by atoms with Crippen LogP contribution in [0.1, 0.15) is 102 Å². The Balaban J connectivity index is 0.857. The highest BCUT2D eigenvalue weighted by Gasteiger charge is 2.33. The van der Waals surface area contributed by atoms with Gasteiger partial charge >= 0.3 is 0 Å². The number of aryl methyl sites for hydroxylation is 3. The first-order valence-electron chi connectivity index (χ1n) is 21.3. The van der Waals surface area contributed by atoms with E-state index >= 15 is 0 Å². The lowest BCUT2D eigenvalue weighted by atomic mass is 9.99. The number of ether oxygens (including phenoxy) is 2. The fraction of sp³-hybridized carbons (Fsp3) is 0.286. The molecule has 2 unspecified atom stereocenters. The van der Waals surface area contributed by atoms with Crippen molar-refractivity contribution in [2.75, 3.05) is 11.9 Å².